The summed E-state index contributed by atoms with van der Waals surface area (Å²) in [6.45, 7) is 2.51. The minimum absolute atomic E-state index is 0.144. The maximum atomic E-state index is 14.8. The number of hydrogen-bond donors (Lipinski definition) is 2. The van der Waals surface area contributed by atoms with Gasteiger partial charge in [-0.05, 0) is 147 Å². The van der Waals surface area contributed by atoms with Gasteiger partial charge in [0.25, 0.3) is 0 Å². The van der Waals surface area contributed by atoms with Gasteiger partial charge in [0.15, 0.2) is 0 Å². The number of rotatable bonds is 28. The lowest BCUT2D eigenvalue weighted by molar-refractivity contribution is 0.220. The molecule has 336 valence electrons. The van der Waals surface area contributed by atoms with E-state index in [9.17, 15) is 22.1 Å². The fraction of sp³-hybridized carbons (Fsp3) is 0.542. The molecule has 14 heteroatoms. The van der Waals surface area contributed by atoms with Gasteiger partial charge in [0.1, 0.15) is 36.5 Å². The van der Waals surface area contributed by atoms with E-state index in [0.717, 1.165) is 75.7 Å². The van der Waals surface area contributed by atoms with Crippen molar-refractivity contribution in [1.29, 1.82) is 0 Å². The SMILES string of the molecule is O=[P+](OCCCNCc1cc(F)c(SCCCCC2(c3ccc(F)cc3)CCCC2)cn1)OCCCNCc1cc(F)c(SCCCCC2(c3ccc(F)cc3)CCCC2)cn1. The van der Waals surface area contributed by atoms with E-state index in [1.165, 1.54) is 72.5 Å². The lowest BCUT2D eigenvalue weighted by Crippen LogP contribution is -2.22. The number of unbranched alkanes of at least 4 members (excludes halogenated alkanes) is 2. The number of nitrogens with zero attached hydrogens (tertiary/aromatic N) is 2. The minimum Gasteiger partial charge on any atom is -0.311 e. The van der Waals surface area contributed by atoms with E-state index in [0.29, 0.717) is 60.2 Å². The Morgan fingerprint density at radius 1 is 0.581 bits per heavy atom. The minimum atomic E-state index is -2.24. The van der Waals surface area contributed by atoms with Gasteiger partial charge in [-0.2, -0.15) is 0 Å². The molecule has 2 saturated carbocycles. The molecule has 62 heavy (non-hydrogen) atoms. The molecule has 0 amide bonds. The fourth-order valence-corrected chi connectivity index (χ4v) is 11.5. The normalized spacial score (nSPS) is 15.7. The first-order valence-electron chi connectivity index (χ1n) is 22.4. The summed E-state index contributed by atoms with van der Waals surface area (Å²) in [7, 11) is -2.24. The summed E-state index contributed by atoms with van der Waals surface area (Å²) >= 11 is 3.00. The van der Waals surface area contributed by atoms with Crippen LogP contribution < -0.4 is 10.6 Å². The molecule has 0 aliphatic heterocycles. The molecular formula is C48H62F4N4O3PS2+. The molecule has 6 rings (SSSR count). The molecule has 7 nitrogen and oxygen atoms in total. The maximum Gasteiger partial charge on any atom is 0.697 e. The zero-order chi connectivity index (χ0) is 43.5. The van der Waals surface area contributed by atoms with Crippen molar-refractivity contribution in [3.05, 3.63) is 119 Å². The average molecular weight is 914 g/mol. The molecule has 2 N–H and O–H groups in total. The van der Waals surface area contributed by atoms with Crippen LogP contribution in [0.1, 0.15) is 125 Å². The van der Waals surface area contributed by atoms with Crippen molar-refractivity contribution in [2.24, 2.45) is 0 Å². The highest BCUT2D eigenvalue weighted by Gasteiger charge is 2.36. The monoisotopic (exact) mass is 913 g/mol. The van der Waals surface area contributed by atoms with Gasteiger partial charge in [-0.25, -0.2) is 17.6 Å². The number of pyridine rings is 2. The third-order valence-corrected chi connectivity index (χ3v) is 15.4. The summed E-state index contributed by atoms with van der Waals surface area (Å²) in [5, 5.41) is 6.45. The topological polar surface area (TPSA) is 85.4 Å². The van der Waals surface area contributed by atoms with Gasteiger partial charge in [0, 0.05) is 30.0 Å². The Balaban J connectivity index is 0.747. The standard InChI is InChI=1S/C48H62F4N4O3PS2/c49-39-15-11-37(12-16-39)47(19-1-2-20-47)23-5-7-29-61-45-35-55-41(31-43(45)51)33-53-25-9-27-58-60(57)59-28-10-26-54-34-42-32-44(52)46(36-56-42)62-30-8-6-24-48(21-3-4-22-48)38-13-17-40(50)18-14-38/h11-18,31-32,35-36,53-54H,1-10,19-30,33-34H2/q+1. The first-order chi connectivity index (χ1) is 30.2. The van der Waals surface area contributed by atoms with E-state index >= 15 is 0 Å². The second kappa shape index (κ2) is 25.6. The second-order valence-electron chi connectivity index (χ2n) is 16.8. The smallest absolute Gasteiger partial charge is 0.311 e. The van der Waals surface area contributed by atoms with Crippen LogP contribution in [0.3, 0.4) is 0 Å². The van der Waals surface area contributed by atoms with Crippen LogP contribution in [-0.4, -0.2) is 47.8 Å². The Morgan fingerprint density at radius 2 is 0.984 bits per heavy atom. The molecule has 2 fully saturated rings. The van der Waals surface area contributed by atoms with Gasteiger partial charge in [0.05, 0.1) is 21.2 Å². The summed E-state index contributed by atoms with van der Waals surface area (Å²) in [6.07, 6.45) is 20.1. The molecule has 0 bridgehead atoms. The number of halogens is 4. The Morgan fingerprint density at radius 3 is 1.37 bits per heavy atom. The Labute approximate surface area is 375 Å². The highest BCUT2D eigenvalue weighted by atomic mass is 32.2. The molecule has 0 unspecified atom stereocenters. The van der Waals surface area contributed by atoms with Crippen molar-refractivity contribution in [3.8, 4) is 0 Å². The van der Waals surface area contributed by atoms with Gasteiger partial charge in [0.2, 0.25) is 0 Å². The summed E-state index contributed by atoms with van der Waals surface area (Å²) in [5.74, 6) is 0.717. The molecule has 2 aliphatic carbocycles. The highest BCUT2D eigenvalue weighted by Crippen LogP contribution is 2.46. The van der Waals surface area contributed by atoms with Crippen molar-refractivity contribution >= 4 is 31.8 Å². The number of hydrogen-bond acceptors (Lipinski definition) is 9. The fourth-order valence-electron chi connectivity index (χ4n) is 9.04. The second-order valence-corrected chi connectivity index (χ2v) is 20.0. The first-order valence-corrected chi connectivity index (χ1v) is 25.5. The maximum absolute atomic E-state index is 14.8. The van der Waals surface area contributed by atoms with Crippen molar-refractivity contribution in [2.45, 2.75) is 136 Å². The van der Waals surface area contributed by atoms with E-state index in [-0.39, 0.29) is 47.3 Å². The predicted octanol–water partition coefficient (Wildman–Crippen LogP) is 12.9. The van der Waals surface area contributed by atoms with Crippen molar-refractivity contribution in [2.75, 3.05) is 37.8 Å². The first kappa shape index (κ1) is 48.6. The van der Waals surface area contributed by atoms with E-state index in [4.69, 9.17) is 9.05 Å². The molecule has 0 spiro atoms. The van der Waals surface area contributed by atoms with Crippen LogP contribution >= 0.6 is 31.8 Å². The van der Waals surface area contributed by atoms with Crippen LogP contribution in [0.5, 0.6) is 0 Å². The largest absolute Gasteiger partial charge is 0.697 e. The van der Waals surface area contributed by atoms with Crippen LogP contribution in [0.15, 0.2) is 82.8 Å². The Hall–Kier alpha value is -2.90. The number of nitrogens with one attached hydrogen (secondary N) is 2. The summed E-state index contributed by atoms with van der Waals surface area (Å²) < 4.78 is 79.4. The number of aromatic nitrogens is 2. The van der Waals surface area contributed by atoms with Crippen molar-refractivity contribution in [1.82, 2.24) is 20.6 Å². The molecule has 0 atom stereocenters. The molecule has 0 saturated heterocycles. The predicted molar refractivity (Wildman–Crippen MR) is 243 cm³/mol. The average Bonchev–Trinajstić information content (AvgIpc) is 3.96. The molecular weight excluding hydrogens is 852 g/mol. The van der Waals surface area contributed by atoms with E-state index in [1.807, 2.05) is 24.3 Å². The van der Waals surface area contributed by atoms with E-state index in [1.54, 1.807) is 36.7 Å². The van der Waals surface area contributed by atoms with Gasteiger partial charge < -0.3 is 10.6 Å². The van der Waals surface area contributed by atoms with Gasteiger partial charge in [-0.1, -0.05) is 62.8 Å². The van der Waals surface area contributed by atoms with Gasteiger partial charge >= 0.3 is 8.25 Å². The molecule has 2 aromatic carbocycles. The van der Waals surface area contributed by atoms with Gasteiger partial charge in [-0.3, -0.25) is 9.97 Å². The van der Waals surface area contributed by atoms with Crippen LogP contribution in [0.25, 0.3) is 0 Å². The van der Waals surface area contributed by atoms with Crippen molar-refractivity contribution < 1.29 is 31.2 Å². The van der Waals surface area contributed by atoms with E-state index in [2.05, 4.69) is 20.6 Å². The highest BCUT2D eigenvalue weighted by molar-refractivity contribution is 7.99. The Bertz CT molecular complexity index is 1830. The molecule has 0 radical (unpaired) electrons. The third-order valence-electron chi connectivity index (χ3n) is 12.4. The number of thioether (sulfide) groups is 2. The number of benzene rings is 2. The zero-order valence-electron chi connectivity index (χ0n) is 35.8. The lowest BCUT2D eigenvalue weighted by Gasteiger charge is -2.30. The molecule has 2 heterocycles. The summed E-state index contributed by atoms with van der Waals surface area (Å²) in [6, 6.07) is 17.0. The molecule has 2 aromatic heterocycles. The summed E-state index contributed by atoms with van der Waals surface area (Å²) in [4.78, 5) is 9.98. The Kier molecular flexibility index (Phi) is 20.0. The van der Waals surface area contributed by atoms with Crippen LogP contribution in [0.4, 0.5) is 17.6 Å². The molecule has 2 aliphatic rings. The van der Waals surface area contributed by atoms with Crippen LogP contribution in [-0.2, 0) is 37.5 Å². The summed E-state index contributed by atoms with van der Waals surface area (Å²) in [5.41, 5.74) is 4.01. The van der Waals surface area contributed by atoms with E-state index < -0.39 is 8.25 Å². The lowest BCUT2D eigenvalue weighted by atomic mass is 9.75. The third kappa shape index (κ3) is 15.1. The quantitative estimate of drug-likeness (QED) is 0.0250. The molecule has 4 aromatic rings. The van der Waals surface area contributed by atoms with Crippen LogP contribution in [0.2, 0.25) is 0 Å². The van der Waals surface area contributed by atoms with Gasteiger partial charge in [-0.15, -0.1) is 32.6 Å². The zero-order valence-corrected chi connectivity index (χ0v) is 38.3. The van der Waals surface area contributed by atoms with Crippen molar-refractivity contribution in [3.63, 3.8) is 0 Å². The van der Waals surface area contributed by atoms with Crippen LogP contribution in [0, 0.1) is 23.3 Å².